The highest BCUT2D eigenvalue weighted by molar-refractivity contribution is 7.98. The van der Waals surface area contributed by atoms with Crippen LogP contribution in [0.5, 0.6) is 0 Å². The fourth-order valence-electron chi connectivity index (χ4n) is 1.40. The summed E-state index contributed by atoms with van der Waals surface area (Å²) in [6.45, 7) is 0. The van der Waals surface area contributed by atoms with Gasteiger partial charge in [0.15, 0.2) is 0 Å². The van der Waals surface area contributed by atoms with Gasteiger partial charge in [-0.2, -0.15) is 11.8 Å². The van der Waals surface area contributed by atoms with Crippen molar-refractivity contribution in [2.24, 2.45) is 0 Å². The molecule has 1 unspecified atom stereocenters. The van der Waals surface area contributed by atoms with Crippen LogP contribution >= 0.6 is 35.0 Å². The van der Waals surface area contributed by atoms with Crippen LogP contribution in [-0.4, -0.2) is 25.1 Å². The van der Waals surface area contributed by atoms with Gasteiger partial charge >= 0.3 is 0 Å². The van der Waals surface area contributed by atoms with Crippen LogP contribution < -0.4 is 5.32 Å². The SMILES string of the molecule is CNC(CSC)Cc1ccc(Cl)cc1Cl. The van der Waals surface area contributed by atoms with Gasteiger partial charge in [0.2, 0.25) is 0 Å². The van der Waals surface area contributed by atoms with Crippen LogP contribution in [0, 0.1) is 0 Å². The van der Waals surface area contributed by atoms with E-state index in [1.165, 1.54) is 0 Å². The third-order valence-electron chi connectivity index (χ3n) is 2.26. The maximum Gasteiger partial charge on any atom is 0.0453 e. The highest BCUT2D eigenvalue weighted by Crippen LogP contribution is 2.22. The molecule has 1 aromatic rings. The maximum atomic E-state index is 6.11. The average molecular weight is 264 g/mol. The summed E-state index contributed by atoms with van der Waals surface area (Å²) in [6.07, 6.45) is 3.04. The van der Waals surface area contributed by atoms with Crippen LogP contribution in [0.2, 0.25) is 10.0 Å². The van der Waals surface area contributed by atoms with E-state index in [0.717, 1.165) is 22.8 Å². The van der Waals surface area contributed by atoms with Gasteiger partial charge in [0.05, 0.1) is 0 Å². The maximum absolute atomic E-state index is 6.11. The Morgan fingerprint density at radius 1 is 1.40 bits per heavy atom. The first-order valence-electron chi connectivity index (χ1n) is 4.77. The van der Waals surface area contributed by atoms with Crippen LogP contribution in [0.4, 0.5) is 0 Å². The minimum absolute atomic E-state index is 0.457. The van der Waals surface area contributed by atoms with E-state index in [9.17, 15) is 0 Å². The molecule has 0 radical (unpaired) electrons. The molecule has 1 atom stereocenters. The third kappa shape index (κ3) is 4.23. The molecule has 4 heteroatoms. The molecule has 0 aromatic heterocycles. The van der Waals surface area contributed by atoms with E-state index >= 15 is 0 Å². The van der Waals surface area contributed by atoms with Gasteiger partial charge in [0.25, 0.3) is 0 Å². The lowest BCUT2D eigenvalue weighted by Crippen LogP contribution is -2.30. The Kier molecular flexibility index (Phi) is 5.83. The number of halogens is 2. The molecule has 1 nitrogen and oxygen atoms in total. The summed E-state index contributed by atoms with van der Waals surface area (Å²) in [5, 5.41) is 4.72. The van der Waals surface area contributed by atoms with Crippen molar-refractivity contribution >= 4 is 35.0 Å². The summed E-state index contributed by atoms with van der Waals surface area (Å²) in [6, 6.07) is 6.13. The van der Waals surface area contributed by atoms with Crippen molar-refractivity contribution in [1.29, 1.82) is 0 Å². The standard InChI is InChI=1S/C11H15Cl2NS/c1-14-10(7-15-2)5-8-3-4-9(12)6-11(8)13/h3-4,6,10,14H,5,7H2,1-2H3. The molecule has 0 amide bonds. The number of benzene rings is 1. The molecule has 0 saturated heterocycles. The van der Waals surface area contributed by atoms with E-state index in [0.29, 0.717) is 11.1 Å². The summed E-state index contributed by atoms with van der Waals surface area (Å²) in [7, 11) is 1.98. The molecule has 0 aliphatic carbocycles. The highest BCUT2D eigenvalue weighted by atomic mass is 35.5. The average Bonchev–Trinajstić information content (AvgIpc) is 2.21. The first-order chi connectivity index (χ1) is 7.17. The summed E-state index contributed by atoms with van der Waals surface area (Å²) in [5.41, 5.74) is 1.15. The quantitative estimate of drug-likeness (QED) is 0.873. The zero-order valence-electron chi connectivity index (χ0n) is 8.89. The normalized spacial score (nSPS) is 12.8. The van der Waals surface area contributed by atoms with Crippen molar-refractivity contribution in [3.8, 4) is 0 Å². The monoisotopic (exact) mass is 263 g/mol. The van der Waals surface area contributed by atoms with Crippen molar-refractivity contribution in [3.05, 3.63) is 33.8 Å². The molecule has 0 bridgehead atoms. The van der Waals surface area contributed by atoms with Crippen molar-refractivity contribution in [2.45, 2.75) is 12.5 Å². The Hall–Kier alpha value is 0.110. The third-order valence-corrected chi connectivity index (χ3v) is 3.58. The molecule has 0 aliphatic heterocycles. The summed E-state index contributed by atoms with van der Waals surface area (Å²) < 4.78 is 0. The first kappa shape index (κ1) is 13.2. The lowest BCUT2D eigenvalue weighted by atomic mass is 10.1. The molecule has 1 N–H and O–H groups in total. The van der Waals surface area contributed by atoms with Crippen LogP contribution in [0.3, 0.4) is 0 Å². The van der Waals surface area contributed by atoms with Gasteiger partial charge < -0.3 is 5.32 Å². The molecular formula is C11H15Cl2NS. The smallest absolute Gasteiger partial charge is 0.0453 e. The Labute approximate surface area is 106 Å². The molecule has 84 valence electrons. The van der Waals surface area contributed by atoms with Crippen LogP contribution in [0.25, 0.3) is 0 Å². The van der Waals surface area contributed by atoms with Crippen molar-refractivity contribution in [3.63, 3.8) is 0 Å². The second-order valence-corrected chi connectivity index (χ2v) is 5.14. The summed E-state index contributed by atoms with van der Waals surface area (Å²) >= 11 is 13.8. The largest absolute Gasteiger partial charge is 0.316 e. The predicted molar refractivity (Wildman–Crippen MR) is 71.4 cm³/mol. The van der Waals surface area contributed by atoms with Gasteiger partial charge in [-0.05, 0) is 37.4 Å². The van der Waals surface area contributed by atoms with E-state index in [-0.39, 0.29) is 0 Å². The van der Waals surface area contributed by atoms with Gasteiger partial charge in [0, 0.05) is 21.8 Å². The minimum atomic E-state index is 0.457. The number of hydrogen-bond donors (Lipinski definition) is 1. The Balaban J connectivity index is 2.70. The van der Waals surface area contributed by atoms with Crippen molar-refractivity contribution in [1.82, 2.24) is 5.32 Å². The number of rotatable bonds is 5. The summed E-state index contributed by atoms with van der Waals surface area (Å²) in [4.78, 5) is 0. The van der Waals surface area contributed by atoms with Crippen LogP contribution in [0.15, 0.2) is 18.2 Å². The fourth-order valence-corrected chi connectivity index (χ4v) is 2.57. The molecule has 0 saturated carbocycles. The molecule has 0 heterocycles. The second kappa shape index (κ2) is 6.64. The molecule has 0 spiro atoms. The number of hydrogen-bond acceptors (Lipinski definition) is 2. The van der Waals surface area contributed by atoms with Gasteiger partial charge in [-0.3, -0.25) is 0 Å². The van der Waals surface area contributed by atoms with E-state index in [1.807, 2.05) is 30.9 Å². The fraction of sp³-hybridized carbons (Fsp3) is 0.455. The lowest BCUT2D eigenvalue weighted by molar-refractivity contribution is 0.617. The van der Waals surface area contributed by atoms with Crippen molar-refractivity contribution in [2.75, 3.05) is 19.1 Å². The number of likely N-dealkylation sites (N-methyl/N-ethyl adjacent to an activating group) is 1. The van der Waals surface area contributed by atoms with Gasteiger partial charge in [-0.15, -0.1) is 0 Å². The van der Waals surface area contributed by atoms with E-state index in [1.54, 1.807) is 6.07 Å². The molecule has 0 fully saturated rings. The van der Waals surface area contributed by atoms with Gasteiger partial charge in [0.1, 0.15) is 0 Å². The zero-order chi connectivity index (χ0) is 11.3. The molecule has 0 aliphatic rings. The van der Waals surface area contributed by atoms with E-state index < -0.39 is 0 Å². The van der Waals surface area contributed by atoms with E-state index in [4.69, 9.17) is 23.2 Å². The molecule has 1 aromatic carbocycles. The Morgan fingerprint density at radius 3 is 2.67 bits per heavy atom. The second-order valence-electron chi connectivity index (χ2n) is 3.38. The first-order valence-corrected chi connectivity index (χ1v) is 6.92. The molecule has 15 heavy (non-hydrogen) atoms. The number of thioether (sulfide) groups is 1. The van der Waals surface area contributed by atoms with Gasteiger partial charge in [-0.25, -0.2) is 0 Å². The number of nitrogens with one attached hydrogen (secondary N) is 1. The minimum Gasteiger partial charge on any atom is -0.316 e. The summed E-state index contributed by atoms with van der Waals surface area (Å²) in [5.74, 6) is 1.08. The highest BCUT2D eigenvalue weighted by Gasteiger charge is 2.09. The van der Waals surface area contributed by atoms with Crippen molar-refractivity contribution < 1.29 is 0 Å². The zero-order valence-corrected chi connectivity index (χ0v) is 11.2. The molecule has 1 rings (SSSR count). The predicted octanol–water partition coefficient (Wildman–Crippen LogP) is 3.49. The van der Waals surface area contributed by atoms with Gasteiger partial charge in [-0.1, -0.05) is 29.3 Å². The van der Waals surface area contributed by atoms with Crippen LogP contribution in [-0.2, 0) is 6.42 Å². The van der Waals surface area contributed by atoms with Crippen LogP contribution in [0.1, 0.15) is 5.56 Å². The topological polar surface area (TPSA) is 12.0 Å². The van der Waals surface area contributed by atoms with E-state index in [2.05, 4.69) is 11.6 Å². The Morgan fingerprint density at radius 2 is 2.13 bits per heavy atom. The lowest BCUT2D eigenvalue weighted by Gasteiger charge is -2.15. The Bertz CT molecular complexity index is 317. The molecular weight excluding hydrogens is 249 g/mol.